The van der Waals surface area contributed by atoms with Gasteiger partial charge in [-0.1, -0.05) is 35.3 Å². The number of hydrogen-bond acceptors (Lipinski definition) is 3. The van der Waals surface area contributed by atoms with Crippen molar-refractivity contribution in [3.8, 4) is 0 Å². The number of halogens is 4. The molecule has 130 valence electrons. The highest BCUT2D eigenvalue weighted by Gasteiger charge is 2.22. The molecule has 0 fully saturated rings. The lowest BCUT2D eigenvalue weighted by Gasteiger charge is -2.18. The fourth-order valence-corrected chi connectivity index (χ4v) is 2.79. The zero-order chi connectivity index (χ0) is 18.1. The molecule has 25 heavy (non-hydrogen) atoms. The van der Waals surface area contributed by atoms with Crippen molar-refractivity contribution in [2.45, 2.75) is 13.1 Å². The Morgan fingerprint density at radius 1 is 1.20 bits per heavy atom. The van der Waals surface area contributed by atoms with Gasteiger partial charge in [0.1, 0.15) is 16.7 Å². The van der Waals surface area contributed by atoms with Crippen LogP contribution >= 0.6 is 23.2 Å². The summed E-state index contributed by atoms with van der Waals surface area (Å²) in [6.45, 7) is -2.92. The van der Waals surface area contributed by atoms with Crippen LogP contribution in [0.1, 0.15) is 22.9 Å². The number of para-hydroxylation sites is 2. The number of carbonyl (C=O) groups is 1. The van der Waals surface area contributed by atoms with Crippen LogP contribution in [-0.2, 0) is 6.54 Å². The quantitative estimate of drug-likeness (QED) is 0.626. The molecule has 0 unspecified atom stereocenters. The number of benzene rings is 1. The molecule has 0 saturated carbocycles. The first kappa shape index (κ1) is 17.6. The van der Waals surface area contributed by atoms with Gasteiger partial charge in [-0.15, -0.1) is 0 Å². The molecule has 0 spiro atoms. The minimum absolute atomic E-state index is 0.0450. The SMILES string of the molecule is CN(Cc1nc2ccccc2n1C(F)F)C(=O)c1nc(Cl)ccc1Cl. The van der Waals surface area contributed by atoms with E-state index in [-0.39, 0.29) is 28.2 Å². The lowest BCUT2D eigenvalue weighted by atomic mass is 10.3. The van der Waals surface area contributed by atoms with Crippen molar-refractivity contribution < 1.29 is 13.6 Å². The standard InChI is InChI=1S/C16H12Cl2F2N4O/c1-23(15(25)14-9(17)6-7-12(18)22-14)8-13-21-10-4-2-3-5-11(10)24(13)16(19)20/h2-7,16H,8H2,1H3. The number of pyridine rings is 1. The van der Waals surface area contributed by atoms with Gasteiger partial charge in [0.2, 0.25) is 0 Å². The Balaban J connectivity index is 1.94. The number of fused-ring (bicyclic) bond motifs is 1. The maximum Gasteiger partial charge on any atom is 0.320 e. The zero-order valence-corrected chi connectivity index (χ0v) is 14.5. The van der Waals surface area contributed by atoms with Crippen molar-refractivity contribution in [2.24, 2.45) is 0 Å². The van der Waals surface area contributed by atoms with Gasteiger partial charge in [0.05, 0.1) is 22.6 Å². The van der Waals surface area contributed by atoms with E-state index in [2.05, 4.69) is 9.97 Å². The summed E-state index contributed by atoms with van der Waals surface area (Å²) >= 11 is 11.8. The van der Waals surface area contributed by atoms with Gasteiger partial charge in [0, 0.05) is 7.05 Å². The summed E-state index contributed by atoms with van der Waals surface area (Å²) in [5.41, 5.74) is 0.682. The molecule has 5 nitrogen and oxygen atoms in total. The molecule has 2 aromatic heterocycles. The lowest BCUT2D eigenvalue weighted by Crippen LogP contribution is -2.29. The Kier molecular flexibility index (Phi) is 4.87. The summed E-state index contributed by atoms with van der Waals surface area (Å²) in [6, 6.07) is 9.45. The molecule has 0 atom stereocenters. The van der Waals surface area contributed by atoms with Crippen LogP contribution in [0.4, 0.5) is 8.78 Å². The van der Waals surface area contributed by atoms with Crippen molar-refractivity contribution in [2.75, 3.05) is 7.05 Å². The largest absolute Gasteiger partial charge is 0.333 e. The first-order valence-electron chi connectivity index (χ1n) is 7.20. The van der Waals surface area contributed by atoms with Gasteiger partial charge in [0.15, 0.2) is 0 Å². The molecule has 0 N–H and O–H groups in total. The van der Waals surface area contributed by atoms with E-state index in [1.165, 1.54) is 24.1 Å². The molecule has 3 rings (SSSR count). The van der Waals surface area contributed by atoms with E-state index in [1.54, 1.807) is 24.3 Å². The van der Waals surface area contributed by atoms with Crippen molar-refractivity contribution in [1.29, 1.82) is 0 Å². The predicted octanol–water partition coefficient (Wildman–Crippen LogP) is 4.41. The van der Waals surface area contributed by atoms with E-state index in [9.17, 15) is 13.6 Å². The van der Waals surface area contributed by atoms with Gasteiger partial charge in [-0.05, 0) is 24.3 Å². The summed E-state index contributed by atoms with van der Waals surface area (Å²) in [5, 5.41) is 0.240. The number of carbonyl (C=O) groups excluding carboxylic acids is 1. The minimum atomic E-state index is -2.78. The second kappa shape index (κ2) is 6.93. The Labute approximate surface area is 151 Å². The maximum absolute atomic E-state index is 13.5. The molecular weight excluding hydrogens is 373 g/mol. The molecule has 2 heterocycles. The van der Waals surface area contributed by atoms with E-state index in [0.29, 0.717) is 11.0 Å². The number of aromatic nitrogens is 3. The molecule has 0 aliphatic rings. The third-order valence-electron chi connectivity index (χ3n) is 3.60. The highest BCUT2D eigenvalue weighted by molar-refractivity contribution is 6.34. The predicted molar refractivity (Wildman–Crippen MR) is 91.0 cm³/mol. The second-order valence-electron chi connectivity index (χ2n) is 5.29. The van der Waals surface area contributed by atoms with Gasteiger partial charge < -0.3 is 4.90 Å². The third-order valence-corrected chi connectivity index (χ3v) is 4.12. The normalized spacial score (nSPS) is 11.3. The van der Waals surface area contributed by atoms with Gasteiger partial charge in [-0.2, -0.15) is 8.78 Å². The van der Waals surface area contributed by atoms with Crippen LogP contribution in [0.5, 0.6) is 0 Å². The molecule has 0 bridgehead atoms. The lowest BCUT2D eigenvalue weighted by molar-refractivity contribution is 0.0644. The van der Waals surface area contributed by atoms with Crippen molar-refractivity contribution in [1.82, 2.24) is 19.4 Å². The Hall–Kier alpha value is -2.25. The van der Waals surface area contributed by atoms with Crippen LogP contribution in [0.15, 0.2) is 36.4 Å². The summed E-state index contributed by atoms with van der Waals surface area (Å²) in [4.78, 5) is 21.8. The fourth-order valence-electron chi connectivity index (χ4n) is 2.46. The van der Waals surface area contributed by atoms with E-state index >= 15 is 0 Å². The molecule has 0 saturated heterocycles. The molecule has 0 aliphatic heterocycles. The summed E-state index contributed by atoms with van der Waals surface area (Å²) in [6.07, 6.45) is 0. The smallest absolute Gasteiger partial charge is 0.320 e. The average molecular weight is 385 g/mol. The number of alkyl halides is 2. The topological polar surface area (TPSA) is 51.0 Å². The van der Waals surface area contributed by atoms with Gasteiger partial charge >= 0.3 is 6.55 Å². The number of nitrogens with zero attached hydrogens (tertiary/aromatic N) is 4. The summed E-state index contributed by atoms with van der Waals surface area (Å²) in [7, 11) is 1.45. The fraction of sp³-hybridized carbons (Fsp3) is 0.188. The number of imidazole rings is 1. The van der Waals surface area contributed by atoms with Crippen molar-refractivity contribution >= 4 is 40.1 Å². The zero-order valence-electron chi connectivity index (χ0n) is 13.0. The second-order valence-corrected chi connectivity index (χ2v) is 6.08. The van der Waals surface area contributed by atoms with Gasteiger partial charge in [0.25, 0.3) is 5.91 Å². The molecule has 3 aromatic rings. The number of rotatable bonds is 4. The van der Waals surface area contributed by atoms with Crippen molar-refractivity contribution in [3.63, 3.8) is 0 Å². The first-order valence-corrected chi connectivity index (χ1v) is 7.95. The summed E-state index contributed by atoms with van der Waals surface area (Å²) < 4.78 is 27.7. The van der Waals surface area contributed by atoms with Crippen LogP contribution in [0.2, 0.25) is 10.2 Å². The van der Waals surface area contributed by atoms with E-state index in [1.807, 2.05) is 0 Å². The molecule has 0 radical (unpaired) electrons. The molecule has 1 amide bonds. The monoisotopic (exact) mass is 384 g/mol. The highest BCUT2D eigenvalue weighted by Crippen LogP contribution is 2.24. The van der Waals surface area contributed by atoms with Crippen LogP contribution in [0.3, 0.4) is 0 Å². The molecule has 9 heteroatoms. The molecule has 0 aliphatic carbocycles. The Morgan fingerprint density at radius 3 is 2.64 bits per heavy atom. The van der Waals surface area contributed by atoms with Crippen LogP contribution in [0, 0.1) is 0 Å². The average Bonchev–Trinajstić information content (AvgIpc) is 2.94. The Bertz CT molecular complexity index is 945. The Morgan fingerprint density at radius 2 is 1.92 bits per heavy atom. The van der Waals surface area contributed by atoms with Gasteiger partial charge in [-0.3, -0.25) is 9.36 Å². The van der Waals surface area contributed by atoms with Crippen molar-refractivity contribution in [3.05, 3.63) is 58.1 Å². The van der Waals surface area contributed by atoms with Crippen LogP contribution in [-0.4, -0.2) is 32.4 Å². The van der Waals surface area contributed by atoms with Crippen LogP contribution in [0.25, 0.3) is 11.0 Å². The molecule has 1 aromatic carbocycles. The van der Waals surface area contributed by atoms with E-state index in [0.717, 1.165) is 4.57 Å². The summed E-state index contributed by atoms with van der Waals surface area (Å²) in [5.74, 6) is -0.481. The number of amides is 1. The van der Waals surface area contributed by atoms with Gasteiger partial charge in [-0.25, -0.2) is 9.97 Å². The van der Waals surface area contributed by atoms with E-state index < -0.39 is 12.5 Å². The van der Waals surface area contributed by atoms with Crippen LogP contribution < -0.4 is 0 Å². The van der Waals surface area contributed by atoms with E-state index in [4.69, 9.17) is 23.2 Å². The first-order chi connectivity index (χ1) is 11.9. The highest BCUT2D eigenvalue weighted by atomic mass is 35.5. The maximum atomic E-state index is 13.5. The minimum Gasteiger partial charge on any atom is -0.333 e. The number of hydrogen-bond donors (Lipinski definition) is 0. The molecular formula is C16H12Cl2F2N4O. The third kappa shape index (κ3) is 3.43.